The van der Waals surface area contributed by atoms with Crippen LogP contribution in [0.15, 0.2) is 24.5 Å². The fourth-order valence-corrected chi connectivity index (χ4v) is 6.48. The van der Waals surface area contributed by atoms with Gasteiger partial charge in [0.2, 0.25) is 0 Å². The smallest absolute Gasteiger partial charge is 0.282 e. The van der Waals surface area contributed by atoms with Crippen LogP contribution in [0.3, 0.4) is 0 Å². The highest BCUT2D eigenvalue weighted by Crippen LogP contribution is 2.44. The van der Waals surface area contributed by atoms with Crippen molar-refractivity contribution in [2.24, 2.45) is 11.3 Å². The van der Waals surface area contributed by atoms with Crippen molar-refractivity contribution in [3.63, 3.8) is 0 Å². The van der Waals surface area contributed by atoms with Gasteiger partial charge in [-0.15, -0.1) is 10.2 Å². The number of nitrogens with one attached hydrogen (secondary N) is 1. The van der Waals surface area contributed by atoms with E-state index in [-0.39, 0.29) is 35.2 Å². The minimum atomic E-state index is -0.494. The van der Waals surface area contributed by atoms with Crippen molar-refractivity contribution in [3.8, 4) is 11.6 Å². The van der Waals surface area contributed by atoms with E-state index in [1.54, 1.807) is 4.90 Å². The Balaban J connectivity index is 1.26. The predicted octanol–water partition coefficient (Wildman–Crippen LogP) is 3.96. The van der Waals surface area contributed by atoms with Crippen LogP contribution in [0.2, 0.25) is 0 Å². The van der Waals surface area contributed by atoms with Crippen LogP contribution in [0.4, 0.5) is 10.2 Å². The fourth-order valence-electron chi connectivity index (χ4n) is 6.48. The highest BCUT2D eigenvalue weighted by molar-refractivity contribution is 5.97. The topological polar surface area (TPSA) is 86.7 Å². The summed E-state index contributed by atoms with van der Waals surface area (Å²) in [5.74, 6) is 1.13. The molecule has 1 N–H and O–H groups in total. The maximum Gasteiger partial charge on any atom is 0.282 e. The molecule has 4 heterocycles. The molecule has 0 aliphatic carbocycles. The van der Waals surface area contributed by atoms with Crippen LogP contribution < -0.4 is 15.0 Å². The van der Waals surface area contributed by atoms with Crippen LogP contribution in [0, 0.1) is 17.2 Å². The van der Waals surface area contributed by atoms with Crippen molar-refractivity contribution in [1.82, 2.24) is 30.3 Å². The first-order valence-electron chi connectivity index (χ1n) is 14.4. The molecule has 2 aromatic rings. The van der Waals surface area contributed by atoms with Gasteiger partial charge >= 0.3 is 0 Å². The van der Waals surface area contributed by atoms with Crippen LogP contribution in [0.25, 0.3) is 0 Å². The van der Waals surface area contributed by atoms with Crippen LogP contribution >= 0.6 is 0 Å². The summed E-state index contributed by atoms with van der Waals surface area (Å²) < 4.78 is 20.4. The van der Waals surface area contributed by atoms with Gasteiger partial charge in [0.05, 0.1) is 5.56 Å². The zero-order chi connectivity index (χ0) is 27.6. The average molecular weight is 540 g/mol. The van der Waals surface area contributed by atoms with Gasteiger partial charge in [-0.2, -0.15) is 0 Å². The summed E-state index contributed by atoms with van der Waals surface area (Å²) in [4.78, 5) is 24.5. The Kier molecular flexibility index (Phi) is 8.32. The molecule has 3 saturated heterocycles. The summed E-state index contributed by atoms with van der Waals surface area (Å²) in [5, 5.41) is 11.6. The highest BCUT2D eigenvalue weighted by atomic mass is 19.1. The number of benzene rings is 1. The quantitative estimate of drug-likeness (QED) is 0.540. The summed E-state index contributed by atoms with van der Waals surface area (Å²) in [6.45, 7) is 15.4. The Bertz CT molecular complexity index is 1130. The van der Waals surface area contributed by atoms with Crippen LogP contribution in [-0.2, 0) is 0 Å². The lowest BCUT2D eigenvalue weighted by Crippen LogP contribution is -2.61. The molecule has 39 heavy (non-hydrogen) atoms. The lowest BCUT2D eigenvalue weighted by molar-refractivity contribution is 0.0633. The van der Waals surface area contributed by atoms with Crippen LogP contribution in [0.5, 0.6) is 11.6 Å². The Labute approximate surface area is 231 Å². The lowest BCUT2D eigenvalue weighted by atomic mass is 9.72. The molecule has 3 fully saturated rings. The lowest BCUT2D eigenvalue weighted by Gasteiger charge is -2.54. The molecule has 10 heteroatoms. The van der Waals surface area contributed by atoms with E-state index in [4.69, 9.17) is 4.74 Å². The number of nitrogens with zero attached hydrogens (tertiary/aromatic N) is 6. The second-order valence-corrected chi connectivity index (χ2v) is 12.1. The van der Waals surface area contributed by atoms with Gasteiger partial charge in [-0.1, -0.05) is 0 Å². The van der Waals surface area contributed by atoms with E-state index in [1.165, 1.54) is 56.8 Å². The first kappa shape index (κ1) is 27.7. The molecular formula is C29H42FN7O2. The van der Waals surface area contributed by atoms with E-state index in [9.17, 15) is 9.18 Å². The van der Waals surface area contributed by atoms with Crippen molar-refractivity contribution >= 4 is 11.7 Å². The number of piperidine rings is 2. The van der Waals surface area contributed by atoms with Gasteiger partial charge in [-0.05, 0) is 104 Å². The van der Waals surface area contributed by atoms with E-state index in [0.717, 1.165) is 45.2 Å². The third-order valence-electron chi connectivity index (χ3n) is 8.54. The number of likely N-dealkylation sites (tertiary alicyclic amines) is 1. The molecule has 0 unspecified atom stereocenters. The van der Waals surface area contributed by atoms with Gasteiger partial charge in [0.1, 0.15) is 17.9 Å². The molecule has 3 aliphatic heterocycles. The van der Waals surface area contributed by atoms with Crippen LogP contribution in [-0.4, -0.2) is 88.8 Å². The summed E-state index contributed by atoms with van der Waals surface area (Å²) in [5.41, 5.74) is 0.453. The van der Waals surface area contributed by atoms with Crippen molar-refractivity contribution < 1.29 is 13.9 Å². The third-order valence-corrected chi connectivity index (χ3v) is 8.54. The van der Waals surface area contributed by atoms with Crippen LogP contribution in [0.1, 0.15) is 63.7 Å². The van der Waals surface area contributed by atoms with Gasteiger partial charge in [0.25, 0.3) is 11.8 Å². The fraction of sp³-hybridized carbons (Fsp3) is 0.655. The zero-order valence-corrected chi connectivity index (χ0v) is 23.7. The van der Waals surface area contributed by atoms with E-state index < -0.39 is 5.82 Å². The molecule has 1 aromatic carbocycles. The monoisotopic (exact) mass is 539 g/mol. The first-order valence-corrected chi connectivity index (χ1v) is 14.4. The van der Waals surface area contributed by atoms with Crippen molar-refractivity contribution in [1.29, 1.82) is 0 Å². The molecule has 0 radical (unpaired) electrons. The molecule has 0 bridgehead atoms. The largest absolute Gasteiger partial charge is 0.434 e. The summed E-state index contributed by atoms with van der Waals surface area (Å²) in [6.07, 6.45) is 6.35. The zero-order valence-electron chi connectivity index (χ0n) is 23.7. The van der Waals surface area contributed by atoms with E-state index >= 15 is 0 Å². The Morgan fingerprint density at radius 1 is 1.15 bits per heavy atom. The van der Waals surface area contributed by atoms with E-state index in [2.05, 4.69) is 30.3 Å². The molecule has 5 rings (SSSR count). The molecule has 1 spiro atoms. The Morgan fingerprint density at radius 2 is 1.85 bits per heavy atom. The Hall–Kier alpha value is -2.85. The molecule has 9 nitrogen and oxygen atoms in total. The van der Waals surface area contributed by atoms with E-state index in [0.29, 0.717) is 11.2 Å². The maximum absolute atomic E-state index is 14.3. The number of ether oxygens (including phenoxy) is 1. The number of anilines is 1. The number of amides is 1. The summed E-state index contributed by atoms with van der Waals surface area (Å²) in [7, 11) is 0. The second-order valence-electron chi connectivity index (χ2n) is 12.1. The molecule has 1 aromatic heterocycles. The average Bonchev–Trinajstić information content (AvgIpc) is 2.89. The molecule has 0 atom stereocenters. The van der Waals surface area contributed by atoms with Gasteiger partial charge in [-0.3, -0.25) is 4.79 Å². The number of carbonyl (C=O) groups excluding carboxylic acids is 1. The number of hydrogen-bond acceptors (Lipinski definition) is 8. The summed E-state index contributed by atoms with van der Waals surface area (Å²) in [6, 6.07) is 3.91. The number of carbonyl (C=O) groups is 1. The normalized spacial score (nSPS) is 19.9. The molecule has 0 saturated carbocycles. The first-order chi connectivity index (χ1) is 18.7. The predicted molar refractivity (Wildman–Crippen MR) is 149 cm³/mol. The minimum absolute atomic E-state index is 0.0502. The van der Waals surface area contributed by atoms with Gasteiger partial charge in [-0.25, -0.2) is 9.37 Å². The molecule has 212 valence electrons. The number of hydrogen-bond donors (Lipinski definition) is 1. The molecule has 1 amide bonds. The minimum Gasteiger partial charge on any atom is -0.434 e. The van der Waals surface area contributed by atoms with E-state index in [1.807, 2.05) is 27.7 Å². The molecular weight excluding hydrogens is 497 g/mol. The van der Waals surface area contributed by atoms with Crippen molar-refractivity contribution in [2.45, 2.75) is 65.5 Å². The number of aromatic nitrogens is 3. The maximum atomic E-state index is 14.3. The van der Waals surface area contributed by atoms with Crippen molar-refractivity contribution in [3.05, 3.63) is 35.9 Å². The molecule has 3 aliphatic rings. The van der Waals surface area contributed by atoms with Gasteiger partial charge in [0, 0.05) is 37.1 Å². The second kappa shape index (κ2) is 11.7. The highest BCUT2D eigenvalue weighted by Gasteiger charge is 2.46. The number of rotatable bonds is 8. The number of halogens is 1. The summed E-state index contributed by atoms with van der Waals surface area (Å²) >= 11 is 0. The van der Waals surface area contributed by atoms with Gasteiger partial charge < -0.3 is 24.8 Å². The Morgan fingerprint density at radius 3 is 2.51 bits per heavy atom. The SMILES string of the molecule is CC(C)N(C(=O)c1cc(F)ccc1Oc1nncnc1N1CC2(CCN(CC3CCNCC3)CC2)C1)C(C)C. The third kappa shape index (κ3) is 6.17. The van der Waals surface area contributed by atoms with Crippen molar-refractivity contribution in [2.75, 3.05) is 50.7 Å². The standard InChI is InChI=1S/C29H42FN7O2/c1-20(2)37(21(3)4)28(38)24-15-23(30)5-6-25(24)39-27-26(32-19-33-34-27)36-17-29(18-36)9-13-35(14-10-29)16-22-7-11-31-12-8-22/h5-6,15,19-22,31H,7-14,16-18H2,1-4H3. The van der Waals surface area contributed by atoms with Gasteiger partial charge in [0.15, 0.2) is 5.82 Å².